The maximum absolute atomic E-state index is 5.68. The molecule has 1 aromatic carbocycles. The van der Waals surface area contributed by atoms with Crippen molar-refractivity contribution < 1.29 is 0 Å². The van der Waals surface area contributed by atoms with Gasteiger partial charge in [0.25, 0.3) is 0 Å². The predicted molar refractivity (Wildman–Crippen MR) is 68.6 cm³/mol. The maximum atomic E-state index is 5.68. The van der Waals surface area contributed by atoms with Crippen LogP contribution in [-0.2, 0) is 0 Å². The molecule has 0 aliphatic rings. The van der Waals surface area contributed by atoms with E-state index in [1.54, 1.807) is 0 Å². The summed E-state index contributed by atoms with van der Waals surface area (Å²) in [6.07, 6.45) is 0. The van der Waals surface area contributed by atoms with E-state index < -0.39 is 0 Å². The number of nitrogens with two attached hydrogens (primary N) is 1. The fourth-order valence-electron chi connectivity index (χ4n) is 1.54. The van der Waals surface area contributed by atoms with Gasteiger partial charge in [-0.3, -0.25) is 10.0 Å². The van der Waals surface area contributed by atoms with E-state index in [2.05, 4.69) is 11.9 Å². The normalized spacial score (nSPS) is 9.73. The van der Waals surface area contributed by atoms with Gasteiger partial charge in [0.1, 0.15) is 0 Å². The Morgan fingerprint density at radius 2 is 1.80 bits per heavy atom. The van der Waals surface area contributed by atoms with Gasteiger partial charge < -0.3 is 5.73 Å². The molecule has 3 nitrogen and oxygen atoms in total. The van der Waals surface area contributed by atoms with E-state index in [0.717, 1.165) is 18.8 Å². The standard InChI is InChI=1S/C11H17N3S/c1-3-13(14(4-2)11(12)15)10-8-6-5-7-9-10/h5-9H,3-4H2,1-2H3,(H2,12,15). The molecule has 2 N–H and O–H groups in total. The molecule has 0 unspecified atom stereocenters. The molecule has 0 fully saturated rings. The summed E-state index contributed by atoms with van der Waals surface area (Å²) < 4.78 is 0. The lowest BCUT2D eigenvalue weighted by Crippen LogP contribution is -2.49. The van der Waals surface area contributed by atoms with Crippen LogP contribution in [0.15, 0.2) is 30.3 Å². The molecule has 0 bridgehead atoms. The molecule has 0 amide bonds. The van der Waals surface area contributed by atoms with E-state index in [9.17, 15) is 0 Å². The van der Waals surface area contributed by atoms with Gasteiger partial charge in [-0.15, -0.1) is 0 Å². The van der Waals surface area contributed by atoms with E-state index in [-0.39, 0.29) is 0 Å². The first-order valence-corrected chi connectivity index (χ1v) is 5.51. The molecule has 0 aliphatic carbocycles. The van der Waals surface area contributed by atoms with Crippen molar-refractivity contribution in [3.05, 3.63) is 30.3 Å². The molecule has 0 radical (unpaired) electrons. The number of anilines is 1. The van der Waals surface area contributed by atoms with Gasteiger partial charge >= 0.3 is 0 Å². The Kier molecular flexibility index (Phi) is 4.37. The smallest absolute Gasteiger partial charge is 0.185 e. The van der Waals surface area contributed by atoms with Crippen LogP contribution in [-0.4, -0.2) is 23.2 Å². The van der Waals surface area contributed by atoms with Gasteiger partial charge in [0.2, 0.25) is 0 Å². The van der Waals surface area contributed by atoms with Crippen LogP contribution in [0.3, 0.4) is 0 Å². The number of hydrogen-bond acceptors (Lipinski definition) is 2. The fraction of sp³-hybridized carbons (Fsp3) is 0.364. The first-order chi connectivity index (χ1) is 7.20. The number of benzene rings is 1. The summed E-state index contributed by atoms with van der Waals surface area (Å²) >= 11 is 5.02. The van der Waals surface area contributed by atoms with E-state index >= 15 is 0 Å². The Labute approximate surface area is 96.4 Å². The van der Waals surface area contributed by atoms with E-state index in [0.29, 0.717) is 5.11 Å². The molecule has 0 spiro atoms. The summed E-state index contributed by atoms with van der Waals surface area (Å²) in [5, 5.41) is 4.37. The van der Waals surface area contributed by atoms with Crippen molar-refractivity contribution in [2.24, 2.45) is 5.73 Å². The first-order valence-electron chi connectivity index (χ1n) is 5.10. The zero-order valence-corrected chi connectivity index (χ0v) is 10.00. The molecule has 0 atom stereocenters. The Morgan fingerprint density at radius 1 is 1.20 bits per heavy atom. The molecule has 1 rings (SSSR count). The van der Waals surface area contributed by atoms with Gasteiger partial charge in [0.15, 0.2) is 5.11 Å². The van der Waals surface area contributed by atoms with Gasteiger partial charge in [0, 0.05) is 13.1 Å². The Balaban J connectivity index is 2.92. The van der Waals surface area contributed by atoms with Crippen molar-refractivity contribution in [1.29, 1.82) is 0 Å². The second-order valence-corrected chi connectivity index (χ2v) is 3.52. The minimum atomic E-state index is 0.406. The highest BCUT2D eigenvalue weighted by atomic mass is 32.1. The first kappa shape index (κ1) is 11.8. The topological polar surface area (TPSA) is 32.5 Å². The van der Waals surface area contributed by atoms with Crippen LogP contribution in [0.4, 0.5) is 5.69 Å². The predicted octanol–water partition coefficient (Wildman–Crippen LogP) is 1.99. The lowest BCUT2D eigenvalue weighted by Gasteiger charge is -2.35. The zero-order valence-electron chi connectivity index (χ0n) is 9.18. The highest BCUT2D eigenvalue weighted by Gasteiger charge is 2.13. The van der Waals surface area contributed by atoms with Crippen LogP contribution in [0.5, 0.6) is 0 Å². The highest BCUT2D eigenvalue weighted by molar-refractivity contribution is 7.80. The number of nitrogens with zero attached hydrogens (tertiary/aromatic N) is 2. The van der Waals surface area contributed by atoms with Crippen LogP contribution >= 0.6 is 12.2 Å². The Bertz CT molecular complexity index is 313. The van der Waals surface area contributed by atoms with Crippen molar-refractivity contribution in [3.63, 3.8) is 0 Å². The molecule has 0 saturated carbocycles. The lowest BCUT2D eigenvalue weighted by atomic mass is 10.3. The third-order valence-corrected chi connectivity index (χ3v) is 2.41. The number of thiocarbonyl (C=S) groups is 1. The van der Waals surface area contributed by atoms with Crippen molar-refractivity contribution in [1.82, 2.24) is 5.01 Å². The monoisotopic (exact) mass is 223 g/mol. The Hall–Kier alpha value is -1.29. The minimum absolute atomic E-state index is 0.406. The van der Waals surface area contributed by atoms with Gasteiger partial charge in [-0.2, -0.15) is 0 Å². The maximum Gasteiger partial charge on any atom is 0.185 e. The van der Waals surface area contributed by atoms with E-state index in [1.165, 1.54) is 0 Å². The van der Waals surface area contributed by atoms with Crippen LogP contribution in [0.25, 0.3) is 0 Å². The van der Waals surface area contributed by atoms with Crippen molar-refractivity contribution in [3.8, 4) is 0 Å². The number of hydrazine groups is 1. The average molecular weight is 223 g/mol. The molecule has 4 heteroatoms. The quantitative estimate of drug-likeness (QED) is 0.625. The lowest BCUT2D eigenvalue weighted by molar-refractivity contribution is 0.411. The molecular weight excluding hydrogens is 206 g/mol. The summed E-state index contributed by atoms with van der Waals surface area (Å²) in [6, 6.07) is 10.1. The van der Waals surface area contributed by atoms with Crippen LogP contribution in [0.2, 0.25) is 0 Å². The second-order valence-electron chi connectivity index (χ2n) is 3.11. The summed E-state index contributed by atoms with van der Waals surface area (Å²) in [4.78, 5) is 0. The zero-order chi connectivity index (χ0) is 11.3. The third kappa shape index (κ3) is 2.83. The van der Waals surface area contributed by atoms with Crippen molar-refractivity contribution >= 4 is 23.0 Å². The van der Waals surface area contributed by atoms with E-state index in [4.69, 9.17) is 18.0 Å². The van der Waals surface area contributed by atoms with Crippen molar-refractivity contribution in [2.75, 3.05) is 18.1 Å². The van der Waals surface area contributed by atoms with Gasteiger partial charge in [-0.25, -0.2) is 0 Å². The molecule has 0 heterocycles. The SMILES string of the molecule is CCN(C(N)=S)N(CC)c1ccccc1. The second kappa shape index (κ2) is 5.56. The number of rotatable bonds is 4. The van der Waals surface area contributed by atoms with Crippen LogP contribution in [0.1, 0.15) is 13.8 Å². The summed E-state index contributed by atoms with van der Waals surface area (Å²) in [5.41, 5.74) is 6.78. The van der Waals surface area contributed by atoms with E-state index in [1.807, 2.05) is 42.3 Å². The molecule has 15 heavy (non-hydrogen) atoms. The molecule has 0 aliphatic heterocycles. The molecule has 82 valence electrons. The Morgan fingerprint density at radius 3 is 2.20 bits per heavy atom. The minimum Gasteiger partial charge on any atom is -0.375 e. The van der Waals surface area contributed by atoms with Crippen LogP contribution < -0.4 is 10.7 Å². The molecule has 0 aromatic heterocycles. The average Bonchev–Trinajstić information content (AvgIpc) is 2.26. The fourth-order valence-corrected chi connectivity index (χ4v) is 1.77. The van der Waals surface area contributed by atoms with Gasteiger partial charge in [-0.05, 0) is 38.2 Å². The summed E-state index contributed by atoms with van der Waals surface area (Å²) in [7, 11) is 0. The molecule has 1 aromatic rings. The van der Waals surface area contributed by atoms with Crippen LogP contribution in [0, 0.1) is 0 Å². The number of hydrogen-bond donors (Lipinski definition) is 1. The van der Waals surface area contributed by atoms with Gasteiger partial charge in [-0.1, -0.05) is 18.2 Å². The molecular formula is C11H17N3S. The summed E-state index contributed by atoms with van der Waals surface area (Å²) in [5.74, 6) is 0. The molecule has 0 saturated heterocycles. The third-order valence-electron chi connectivity index (χ3n) is 2.20. The summed E-state index contributed by atoms with van der Waals surface area (Å²) in [6.45, 7) is 5.73. The van der Waals surface area contributed by atoms with Crippen molar-refractivity contribution in [2.45, 2.75) is 13.8 Å². The highest BCUT2D eigenvalue weighted by Crippen LogP contribution is 2.15. The largest absolute Gasteiger partial charge is 0.375 e. The number of para-hydroxylation sites is 1. The van der Waals surface area contributed by atoms with Gasteiger partial charge in [0.05, 0.1) is 5.69 Å².